The number of allylic oxidation sites excluding steroid dienone is 2. The summed E-state index contributed by atoms with van der Waals surface area (Å²) >= 11 is 0. The lowest BCUT2D eigenvalue weighted by Gasteiger charge is -2.14. The Morgan fingerprint density at radius 3 is 2.39 bits per heavy atom. The summed E-state index contributed by atoms with van der Waals surface area (Å²) in [5, 5.41) is 3.09. The molecular formula is C20H36N2O. The van der Waals surface area contributed by atoms with Gasteiger partial charge in [-0.3, -0.25) is 4.79 Å². The fourth-order valence-corrected chi connectivity index (χ4v) is 1.90. The van der Waals surface area contributed by atoms with E-state index < -0.39 is 0 Å². The highest BCUT2D eigenvalue weighted by Gasteiger charge is 2.13. The van der Waals surface area contributed by atoms with Gasteiger partial charge in [-0.1, -0.05) is 59.6 Å². The molecule has 1 heterocycles. The second-order valence-electron chi connectivity index (χ2n) is 5.07. The Labute approximate surface area is 143 Å². The monoisotopic (exact) mass is 320 g/mol. The van der Waals surface area contributed by atoms with E-state index in [1.165, 1.54) is 18.4 Å². The number of unbranched alkanes of at least 4 members (excludes halogenated alkanes) is 1. The Bertz CT molecular complexity index is 431. The van der Waals surface area contributed by atoms with Gasteiger partial charge in [0.1, 0.15) is 0 Å². The van der Waals surface area contributed by atoms with Gasteiger partial charge < -0.3 is 10.3 Å². The number of aromatic amines is 1. The van der Waals surface area contributed by atoms with Crippen LogP contribution in [0.4, 0.5) is 0 Å². The Hall–Kier alpha value is -1.61. The molecule has 2 N–H and O–H groups in total. The first-order valence-corrected chi connectivity index (χ1v) is 8.74. The molecule has 0 saturated heterocycles. The zero-order valence-corrected chi connectivity index (χ0v) is 15.9. The van der Waals surface area contributed by atoms with Crippen molar-refractivity contribution in [2.24, 2.45) is 5.92 Å². The lowest BCUT2D eigenvalue weighted by molar-refractivity contribution is 0.111. The summed E-state index contributed by atoms with van der Waals surface area (Å²) in [4.78, 5) is 13.9. The van der Waals surface area contributed by atoms with E-state index in [4.69, 9.17) is 0 Å². The minimum atomic E-state index is 0.357. The van der Waals surface area contributed by atoms with Crippen molar-refractivity contribution in [3.05, 3.63) is 42.3 Å². The number of carbonyl (C=O) groups excluding carboxylic acids is 1. The molecule has 0 bridgehead atoms. The third-order valence-corrected chi connectivity index (χ3v) is 3.29. The van der Waals surface area contributed by atoms with E-state index in [9.17, 15) is 4.79 Å². The van der Waals surface area contributed by atoms with Crippen LogP contribution in [0, 0.1) is 5.92 Å². The number of aromatic nitrogens is 1. The molecule has 1 atom stereocenters. The lowest BCUT2D eigenvalue weighted by atomic mass is 9.91. The van der Waals surface area contributed by atoms with Crippen LogP contribution in [0.2, 0.25) is 0 Å². The smallest absolute Gasteiger partial charge is 0.166 e. The molecule has 0 fully saturated rings. The van der Waals surface area contributed by atoms with Crippen LogP contribution in [0.1, 0.15) is 69.9 Å². The molecule has 3 nitrogen and oxygen atoms in total. The molecule has 23 heavy (non-hydrogen) atoms. The van der Waals surface area contributed by atoms with Crippen LogP contribution in [0.25, 0.3) is 5.57 Å². The fraction of sp³-hybridized carbons (Fsp3) is 0.550. The summed E-state index contributed by atoms with van der Waals surface area (Å²) in [6, 6.07) is 1.95. The number of likely N-dealkylation sites (N-methyl/N-ethyl adjacent to an activating group) is 1. The van der Waals surface area contributed by atoms with Crippen LogP contribution in [-0.4, -0.2) is 24.9 Å². The van der Waals surface area contributed by atoms with Gasteiger partial charge in [-0.15, -0.1) is 6.58 Å². The van der Waals surface area contributed by atoms with Crippen LogP contribution in [0.3, 0.4) is 0 Å². The van der Waals surface area contributed by atoms with Gasteiger partial charge in [-0.2, -0.15) is 0 Å². The summed E-state index contributed by atoms with van der Waals surface area (Å²) in [7, 11) is 1.91. The molecule has 0 aromatic carbocycles. The van der Waals surface area contributed by atoms with E-state index in [0.29, 0.717) is 11.6 Å². The zero-order valence-electron chi connectivity index (χ0n) is 15.9. The van der Waals surface area contributed by atoms with Gasteiger partial charge in [0.05, 0.1) is 5.69 Å². The molecule has 132 valence electrons. The predicted molar refractivity (Wildman–Crippen MR) is 104 cm³/mol. The average Bonchev–Trinajstić information content (AvgIpc) is 3.06. The van der Waals surface area contributed by atoms with Crippen LogP contribution in [0.15, 0.2) is 31.0 Å². The third kappa shape index (κ3) is 9.90. The van der Waals surface area contributed by atoms with Gasteiger partial charge in [0.25, 0.3) is 0 Å². The first kappa shape index (κ1) is 23.7. The van der Waals surface area contributed by atoms with Crippen molar-refractivity contribution >= 4 is 11.9 Å². The maximum atomic E-state index is 11.0. The Morgan fingerprint density at radius 1 is 1.35 bits per heavy atom. The Kier molecular flexibility index (Phi) is 17.2. The highest BCUT2D eigenvalue weighted by atomic mass is 16.1. The van der Waals surface area contributed by atoms with Crippen molar-refractivity contribution in [1.82, 2.24) is 10.3 Å². The fourth-order valence-electron chi connectivity index (χ4n) is 1.90. The van der Waals surface area contributed by atoms with Crippen LogP contribution < -0.4 is 5.32 Å². The normalized spacial score (nSPS) is 11.5. The summed E-state index contributed by atoms with van der Waals surface area (Å²) < 4.78 is 0. The van der Waals surface area contributed by atoms with Crippen molar-refractivity contribution in [1.29, 1.82) is 0 Å². The van der Waals surface area contributed by atoms with E-state index >= 15 is 0 Å². The minimum Gasteiger partial charge on any atom is -0.359 e. The van der Waals surface area contributed by atoms with Gasteiger partial charge >= 0.3 is 0 Å². The number of hydrogen-bond acceptors (Lipinski definition) is 2. The topological polar surface area (TPSA) is 44.9 Å². The average molecular weight is 321 g/mol. The van der Waals surface area contributed by atoms with Crippen molar-refractivity contribution in [2.45, 2.75) is 53.9 Å². The standard InChI is InChI=1S/C14H20N2O.C4H10.C2H6/c1-4-5-11(2)12(6-8-15-3)13-7-9-16-14(13)10-17;1-3-4-2;1-2/h4,6-7,9-11,15-16H,1,5,8H2,2-3H3;3-4H2,1-2H3;1-2H3/b12-6-;;. The van der Waals surface area contributed by atoms with E-state index in [0.717, 1.165) is 24.8 Å². The second kappa shape index (κ2) is 16.8. The number of H-pyrrole nitrogens is 1. The van der Waals surface area contributed by atoms with Crippen LogP contribution >= 0.6 is 0 Å². The SMILES string of the molecule is C=CCC(C)/C(=C/CNC)c1cc[nH]c1C=O.CC.CCCC. The first-order valence-electron chi connectivity index (χ1n) is 8.74. The molecule has 1 aromatic heterocycles. The lowest BCUT2D eigenvalue weighted by Crippen LogP contribution is -2.08. The Balaban J connectivity index is 0. The maximum absolute atomic E-state index is 11.0. The molecular weight excluding hydrogens is 284 g/mol. The number of rotatable bonds is 8. The Morgan fingerprint density at radius 2 is 1.96 bits per heavy atom. The molecule has 1 rings (SSSR count). The predicted octanol–water partition coefficient (Wildman–Crippen LogP) is 5.47. The van der Waals surface area contributed by atoms with Gasteiger partial charge in [-0.05, 0) is 31.0 Å². The van der Waals surface area contributed by atoms with Crippen molar-refractivity contribution in [3.63, 3.8) is 0 Å². The van der Waals surface area contributed by atoms with Crippen molar-refractivity contribution < 1.29 is 4.79 Å². The van der Waals surface area contributed by atoms with E-state index in [2.05, 4.69) is 43.7 Å². The molecule has 0 amide bonds. The molecule has 0 aliphatic rings. The number of aldehydes is 1. The minimum absolute atomic E-state index is 0.357. The highest BCUT2D eigenvalue weighted by Crippen LogP contribution is 2.27. The first-order chi connectivity index (χ1) is 11.2. The molecule has 0 aliphatic carbocycles. The summed E-state index contributed by atoms with van der Waals surface area (Å²) in [6.45, 7) is 15.1. The summed E-state index contributed by atoms with van der Waals surface area (Å²) in [5.74, 6) is 0.357. The molecule has 0 radical (unpaired) electrons. The van der Waals surface area contributed by atoms with E-state index in [-0.39, 0.29) is 0 Å². The van der Waals surface area contributed by atoms with E-state index in [1.54, 1.807) is 6.20 Å². The third-order valence-electron chi connectivity index (χ3n) is 3.29. The number of carbonyl (C=O) groups is 1. The quantitative estimate of drug-likeness (QED) is 0.492. The molecule has 3 heteroatoms. The van der Waals surface area contributed by atoms with Gasteiger partial charge in [-0.25, -0.2) is 0 Å². The highest BCUT2D eigenvalue weighted by molar-refractivity contribution is 5.84. The summed E-state index contributed by atoms with van der Waals surface area (Å²) in [6.07, 6.45) is 10.2. The maximum Gasteiger partial charge on any atom is 0.166 e. The van der Waals surface area contributed by atoms with Crippen molar-refractivity contribution in [3.8, 4) is 0 Å². The van der Waals surface area contributed by atoms with Gasteiger partial charge in [0.15, 0.2) is 6.29 Å². The van der Waals surface area contributed by atoms with Crippen LogP contribution in [-0.2, 0) is 0 Å². The number of hydrogen-bond donors (Lipinski definition) is 2. The number of nitrogens with one attached hydrogen (secondary N) is 2. The molecule has 0 spiro atoms. The van der Waals surface area contributed by atoms with Gasteiger partial charge in [0, 0.05) is 18.3 Å². The summed E-state index contributed by atoms with van der Waals surface area (Å²) in [5.41, 5.74) is 2.82. The molecule has 0 aliphatic heterocycles. The van der Waals surface area contributed by atoms with Gasteiger partial charge in [0.2, 0.25) is 0 Å². The second-order valence-corrected chi connectivity index (χ2v) is 5.07. The molecule has 0 saturated carbocycles. The zero-order chi connectivity index (χ0) is 18.1. The largest absolute Gasteiger partial charge is 0.359 e. The van der Waals surface area contributed by atoms with Crippen molar-refractivity contribution in [2.75, 3.05) is 13.6 Å². The molecule has 1 aromatic rings. The molecule has 1 unspecified atom stereocenters. The van der Waals surface area contributed by atoms with Crippen LogP contribution in [0.5, 0.6) is 0 Å². The van der Waals surface area contributed by atoms with E-state index in [1.807, 2.05) is 33.0 Å².